The third-order valence-electron chi connectivity index (χ3n) is 4.51. The highest BCUT2D eigenvalue weighted by molar-refractivity contribution is 7.99. The van der Waals surface area contributed by atoms with E-state index in [9.17, 15) is 9.59 Å². The summed E-state index contributed by atoms with van der Waals surface area (Å²) in [6.45, 7) is 0. The van der Waals surface area contributed by atoms with E-state index in [1.807, 2.05) is 66.7 Å². The summed E-state index contributed by atoms with van der Waals surface area (Å²) in [6.07, 6.45) is 0. The number of amides is 1. The van der Waals surface area contributed by atoms with Gasteiger partial charge < -0.3 is 15.0 Å². The molecule has 0 bridgehead atoms. The molecule has 1 amide bonds. The summed E-state index contributed by atoms with van der Waals surface area (Å²) in [5.41, 5.74) is 1.82. The maximum atomic E-state index is 12.5. The second-order valence-corrected chi connectivity index (χ2v) is 7.49. The fraction of sp³-hybridized carbons (Fsp3) is 0.0870. The third kappa shape index (κ3) is 4.52. The first-order valence-corrected chi connectivity index (χ1v) is 10.3. The molecule has 0 atom stereocenters. The molecule has 0 fully saturated rings. The predicted octanol–water partition coefficient (Wildman–Crippen LogP) is 4.33. The van der Waals surface area contributed by atoms with Crippen molar-refractivity contribution in [3.8, 4) is 17.0 Å². The van der Waals surface area contributed by atoms with E-state index < -0.39 is 0 Å². The van der Waals surface area contributed by atoms with Crippen molar-refractivity contribution in [2.75, 3.05) is 18.2 Å². The van der Waals surface area contributed by atoms with Crippen LogP contribution < -0.4 is 15.6 Å². The van der Waals surface area contributed by atoms with Gasteiger partial charge in [-0.2, -0.15) is 0 Å². The van der Waals surface area contributed by atoms with Crippen LogP contribution in [0.4, 0.5) is 5.69 Å². The number of nitrogens with one attached hydrogen (secondary N) is 2. The number of aromatic nitrogens is 2. The van der Waals surface area contributed by atoms with Gasteiger partial charge in [-0.05, 0) is 35.7 Å². The summed E-state index contributed by atoms with van der Waals surface area (Å²) in [7, 11) is 1.60. The Balaban J connectivity index is 1.47. The summed E-state index contributed by atoms with van der Waals surface area (Å²) in [6, 6.07) is 22.4. The number of thioether (sulfide) groups is 1. The van der Waals surface area contributed by atoms with Crippen molar-refractivity contribution in [3.63, 3.8) is 0 Å². The number of fused-ring (bicyclic) bond motifs is 1. The van der Waals surface area contributed by atoms with Gasteiger partial charge >= 0.3 is 0 Å². The molecule has 1 aromatic heterocycles. The number of hydrogen-bond donors (Lipinski definition) is 2. The van der Waals surface area contributed by atoms with Crippen LogP contribution in [0.5, 0.6) is 5.75 Å². The summed E-state index contributed by atoms with van der Waals surface area (Å²) in [5, 5.41) is 5.36. The lowest BCUT2D eigenvalue weighted by molar-refractivity contribution is -0.113. The van der Waals surface area contributed by atoms with Gasteiger partial charge in [-0.1, -0.05) is 48.2 Å². The van der Waals surface area contributed by atoms with E-state index in [2.05, 4.69) is 15.3 Å². The molecule has 0 saturated heterocycles. The van der Waals surface area contributed by atoms with E-state index in [4.69, 9.17) is 4.74 Å². The molecule has 0 radical (unpaired) electrons. The SMILES string of the molecule is COc1ccc(-c2cc(=O)[nH]c(SCC(=O)Nc3cccc4ccccc34)n2)cc1. The number of ether oxygens (including phenoxy) is 1. The van der Waals surface area contributed by atoms with Crippen LogP contribution in [0.1, 0.15) is 0 Å². The first-order valence-electron chi connectivity index (χ1n) is 9.28. The average molecular weight is 417 g/mol. The van der Waals surface area contributed by atoms with Crippen LogP contribution >= 0.6 is 11.8 Å². The number of aromatic amines is 1. The summed E-state index contributed by atoms with van der Waals surface area (Å²) < 4.78 is 5.16. The van der Waals surface area contributed by atoms with E-state index in [-0.39, 0.29) is 17.2 Å². The molecule has 1 heterocycles. The standard InChI is InChI=1S/C23H19N3O3S/c1-29-17-11-9-16(10-12-17)20-13-21(27)26-23(25-20)30-14-22(28)24-19-8-4-6-15-5-2-3-7-18(15)19/h2-13H,14H2,1H3,(H,24,28)(H,25,26,27). The van der Waals surface area contributed by atoms with E-state index in [0.29, 0.717) is 10.9 Å². The minimum atomic E-state index is -0.271. The number of carbonyl (C=O) groups is 1. The first-order chi connectivity index (χ1) is 14.6. The van der Waals surface area contributed by atoms with Crippen LogP contribution in [0.15, 0.2) is 82.7 Å². The van der Waals surface area contributed by atoms with Crippen LogP contribution in [0.2, 0.25) is 0 Å². The number of benzene rings is 3. The zero-order valence-electron chi connectivity index (χ0n) is 16.2. The van der Waals surface area contributed by atoms with Gasteiger partial charge in [0.1, 0.15) is 5.75 Å². The number of methoxy groups -OCH3 is 1. The Bertz CT molecular complexity index is 1250. The lowest BCUT2D eigenvalue weighted by atomic mass is 10.1. The zero-order chi connectivity index (χ0) is 20.9. The molecule has 0 aliphatic carbocycles. The van der Waals surface area contributed by atoms with Crippen molar-refractivity contribution in [2.45, 2.75) is 5.16 Å². The number of carbonyl (C=O) groups excluding carboxylic acids is 1. The van der Waals surface area contributed by atoms with Gasteiger partial charge in [-0.3, -0.25) is 9.59 Å². The van der Waals surface area contributed by atoms with Gasteiger partial charge in [0.25, 0.3) is 5.56 Å². The van der Waals surface area contributed by atoms with Crippen LogP contribution in [0, 0.1) is 0 Å². The highest BCUT2D eigenvalue weighted by Crippen LogP contribution is 2.24. The van der Waals surface area contributed by atoms with Gasteiger partial charge in [-0.15, -0.1) is 0 Å². The molecule has 2 N–H and O–H groups in total. The Kier molecular flexibility index (Phi) is 5.81. The van der Waals surface area contributed by atoms with Crippen LogP contribution in [0.25, 0.3) is 22.0 Å². The second kappa shape index (κ2) is 8.84. The number of rotatable bonds is 6. The molecule has 3 aromatic carbocycles. The Hall–Kier alpha value is -3.58. The number of anilines is 1. The van der Waals surface area contributed by atoms with E-state index in [1.54, 1.807) is 7.11 Å². The predicted molar refractivity (Wildman–Crippen MR) is 120 cm³/mol. The number of hydrogen-bond acceptors (Lipinski definition) is 5. The lowest BCUT2D eigenvalue weighted by Gasteiger charge is -2.09. The third-order valence-corrected chi connectivity index (χ3v) is 5.38. The lowest BCUT2D eigenvalue weighted by Crippen LogP contribution is -2.15. The number of H-pyrrole nitrogens is 1. The van der Waals surface area contributed by atoms with Crippen LogP contribution in [0.3, 0.4) is 0 Å². The zero-order valence-corrected chi connectivity index (χ0v) is 17.0. The monoisotopic (exact) mass is 417 g/mol. The molecule has 4 aromatic rings. The summed E-state index contributed by atoms with van der Waals surface area (Å²) >= 11 is 1.18. The van der Waals surface area contributed by atoms with Crippen molar-refractivity contribution in [1.82, 2.24) is 9.97 Å². The van der Waals surface area contributed by atoms with Crippen LogP contribution in [-0.2, 0) is 4.79 Å². The topological polar surface area (TPSA) is 84.1 Å². The molecular formula is C23H19N3O3S. The largest absolute Gasteiger partial charge is 0.497 e. The molecule has 0 aliphatic heterocycles. The number of nitrogens with zero attached hydrogens (tertiary/aromatic N) is 1. The first kappa shape index (κ1) is 19.7. The fourth-order valence-electron chi connectivity index (χ4n) is 3.07. The van der Waals surface area contributed by atoms with E-state index >= 15 is 0 Å². The Morgan fingerprint density at radius 1 is 1.07 bits per heavy atom. The van der Waals surface area contributed by atoms with E-state index in [1.165, 1.54) is 17.8 Å². The molecule has 6 nitrogen and oxygen atoms in total. The molecule has 4 rings (SSSR count). The molecule has 0 spiro atoms. The molecular weight excluding hydrogens is 398 g/mol. The maximum Gasteiger partial charge on any atom is 0.252 e. The van der Waals surface area contributed by atoms with Crippen molar-refractivity contribution in [1.29, 1.82) is 0 Å². The second-order valence-electron chi connectivity index (χ2n) is 6.53. The van der Waals surface area contributed by atoms with Gasteiger partial charge in [0, 0.05) is 22.7 Å². The van der Waals surface area contributed by atoms with Gasteiger partial charge in [0.05, 0.1) is 18.6 Å². The maximum absolute atomic E-state index is 12.5. The smallest absolute Gasteiger partial charge is 0.252 e. The quantitative estimate of drug-likeness (QED) is 0.360. The van der Waals surface area contributed by atoms with E-state index in [0.717, 1.165) is 27.8 Å². The van der Waals surface area contributed by atoms with Crippen LogP contribution in [-0.4, -0.2) is 28.7 Å². The Morgan fingerprint density at radius 3 is 2.63 bits per heavy atom. The van der Waals surface area contributed by atoms with Crippen molar-refractivity contribution < 1.29 is 9.53 Å². The van der Waals surface area contributed by atoms with Crippen molar-refractivity contribution >= 4 is 34.1 Å². The van der Waals surface area contributed by atoms with Gasteiger partial charge in [-0.25, -0.2) is 4.98 Å². The highest BCUT2D eigenvalue weighted by Gasteiger charge is 2.10. The average Bonchev–Trinajstić information content (AvgIpc) is 2.78. The van der Waals surface area contributed by atoms with Gasteiger partial charge in [0.2, 0.25) is 5.91 Å². The summed E-state index contributed by atoms with van der Waals surface area (Å²) in [5.74, 6) is 0.676. The molecule has 7 heteroatoms. The Morgan fingerprint density at radius 2 is 1.83 bits per heavy atom. The molecule has 0 aliphatic rings. The van der Waals surface area contributed by atoms with Crippen molar-refractivity contribution in [2.24, 2.45) is 0 Å². The minimum Gasteiger partial charge on any atom is -0.497 e. The molecule has 0 unspecified atom stereocenters. The summed E-state index contributed by atoms with van der Waals surface area (Å²) in [4.78, 5) is 31.7. The highest BCUT2D eigenvalue weighted by atomic mass is 32.2. The molecule has 150 valence electrons. The van der Waals surface area contributed by atoms with Crippen molar-refractivity contribution in [3.05, 3.63) is 83.2 Å². The molecule has 30 heavy (non-hydrogen) atoms. The fourth-order valence-corrected chi connectivity index (χ4v) is 3.74. The Labute approximate surface area is 177 Å². The van der Waals surface area contributed by atoms with Gasteiger partial charge in [0.15, 0.2) is 5.16 Å². The normalized spacial score (nSPS) is 10.7. The molecule has 0 saturated carbocycles. The minimum absolute atomic E-state index is 0.123.